The van der Waals surface area contributed by atoms with Gasteiger partial charge in [-0.3, -0.25) is 14.4 Å². The number of carbonyl (C=O) groups excluding carboxylic acids is 3. The number of ether oxygens (including phenoxy) is 1. The molecule has 5 N–H and O–H groups in total. The molecule has 0 saturated heterocycles. The number of nitrogens with one attached hydrogen (secondary N) is 1. The SMILES string of the molecule is C[C@@H](N)C(=O)N[C@@H](CCC(=O)OCc1ccccc1)C(N)=O.Cl. The largest absolute Gasteiger partial charge is 0.461 e. The Morgan fingerprint density at radius 1 is 1.22 bits per heavy atom. The topological polar surface area (TPSA) is 125 Å². The Hall–Kier alpha value is -2.12. The Morgan fingerprint density at radius 3 is 2.35 bits per heavy atom. The lowest BCUT2D eigenvalue weighted by Gasteiger charge is -2.16. The molecule has 0 heterocycles. The molecule has 7 nitrogen and oxygen atoms in total. The number of esters is 1. The van der Waals surface area contributed by atoms with Crippen molar-refractivity contribution < 1.29 is 19.1 Å². The van der Waals surface area contributed by atoms with Gasteiger partial charge in [-0.1, -0.05) is 30.3 Å². The molecule has 0 bridgehead atoms. The molecule has 8 heteroatoms. The molecule has 0 aromatic heterocycles. The molecule has 0 saturated carbocycles. The normalized spacial score (nSPS) is 12.4. The van der Waals surface area contributed by atoms with E-state index in [9.17, 15) is 14.4 Å². The van der Waals surface area contributed by atoms with Gasteiger partial charge in [0.2, 0.25) is 11.8 Å². The van der Waals surface area contributed by atoms with Gasteiger partial charge in [0.15, 0.2) is 0 Å². The number of nitrogens with two attached hydrogens (primary N) is 2. The lowest BCUT2D eigenvalue weighted by molar-refractivity contribution is -0.145. The highest BCUT2D eigenvalue weighted by Gasteiger charge is 2.21. The molecule has 1 aromatic carbocycles. The number of amides is 2. The molecule has 23 heavy (non-hydrogen) atoms. The molecule has 0 aliphatic rings. The van der Waals surface area contributed by atoms with E-state index in [2.05, 4.69) is 5.32 Å². The van der Waals surface area contributed by atoms with E-state index in [1.165, 1.54) is 6.92 Å². The van der Waals surface area contributed by atoms with Crippen molar-refractivity contribution in [1.82, 2.24) is 5.32 Å². The zero-order valence-corrected chi connectivity index (χ0v) is 13.7. The standard InChI is InChI=1S/C15H21N3O4.ClH/c1-10(16)15(21)18-12(14(17)20)7-8-13(19)22-9-11-5-3-2-4-6-11;/h2-6,10,12H,7-9,16H2,1H3,(H2,17,20)(H,18,21);1H/t10-,12+;/m1./s1. The van der Waals surface area contributed by atoms with Crippen LogP contribution in [-0.4, -0.2) is 29.9 Å². The summed E-state index contributed by atoms with van der Waals surface area (Å²) < 4.78 is 5.08. The minimum atomic E-state index is -0.942. The fourth-order valence-corrected chi connectivity index (χ4v) is 1.66. The third-order valence-corrected chi connectivity index (χ3v) is 2.95. The van der Waals surface area contributed by atoms with E-state index in [4.69, 9.17) is 16.2 Å². The van der Waals surface area contributed by atoms with Crippen LogP contribution in [0.1, 0.15) is 25.3 Å². The maximum atomic E-state index is 11.7. The summed E-state index contributed by atoms with van der Waals surface area (Å²) in [5.74, 6) is -1.68. The Kier molecular flexibility index (Phi) is 9.60. The average Bonchev–Trinajstić information content (AvgIpc) is 2.49. The van der Waals surface area contributed by atoms with Gasteiger partial charge in [0.25, 0.3) is 0 Å². The van der Waals surface area contributed by atoms with Gasteiger partial charge in [0.05, 0.1) is 6.04 Å². The van der Waals surface area contributed by atoms with Crippen LogP contribution in [0, 0.1) is 0 Å². The van der Waals surface area contributed by atoms with Crippen LogP contribution in [0.15, 0.2) is 30.3 Å². The maximum absolute atomic E-state index is 11.7. The van der Waals surface area contributed by atoms with Crippen LogP contribution in [0.3, 0.4) is 0 Å². The van der Waals surface area contributed by atoms with Crippen LogP contribution >= 0.6 is 12.4 Å². The third kappa shape index (κ3) is 8.18. The summed E-state index contributed by atoms with van der Waals surface area (Å²) in [6.45, 7) is 1.65. The highest BCUT2D eigenvalue weighted by Crippen LogP contribution is 2.04. The van der Waals surface area contributed by atoms with Gasteiger partial charge in [0.1, 0.15) is 12.6 Å². The molecule has 128 valence electrons. The average molecular weight is 344 g/mol. The molecular formula is C15H22ClN3O4. The van der Waals surface area contributed by atoms with Crippen molar-refractivity contribution in [2.45, 2.75) is 38.5 Å². The molecule has 1 aromatic rings. The van der Waals surface area contributed by atoms with Gasteiger partial charge in [-0.15, -0.1) is 12.4 Å². The number of halogens is 1. The molecule has 0 radical (unpaired) electrons. The summed E-state index contributed by atoms with van der Waals surface area (Å²) in [7, 11) is 0. The molecule has 0 unspecified atom stereocenters. The molecule has 0 aliphatic heterocycles. The molecule has 1 rings (SSSR count). The fraction of sp³-hybridized carbons (Fsp3) is 0.400. The number of hydrogen-bond acceptors (Lipinski definition) is 5. The van der Waals surface area contributed by atoms with Gasteiger partial charge in [-0.05, 0) is 18.9 Å². The lowest BCUT2D eigenvalue weighted by atomic mass is 10.1. The zero-order chi connectivity index (χ0) is 16.5. The Balaban J connectivity index is 0.00000484. The summed E-state index contributed by atoms with van der Waals surface area (Å²) in [5, 5.41) is 2.40. The Bertz CT molecular complexity index is 523. The predicted octanol–water partition coefficient (Wildman–Crippen LogP) is 0.249. The van der Waals surface area contributed by atoms with Crippen LogP contribution in [0.2, 0.25) is 0 Å². The molecule has 2 amide bonds. The second-order valence-electron chi connectivity index (χ2n) is 4.94. The predicted molar refractivity (Wildman–Crippen MR) is 87.5 cm³/mol. The number of primary amides is 1. The van der Waals surface area contributed by atoms with Gasteiger partial charge >= 0.3 is 5.97 Å². The van der Waals surface area contributed by atoms with Crippen molar-refractivity contribution in [2.24, 2.45) is 11.5 Å². The number of benzene rings is 1. The molecule has 0 spiro atoms. The van der Waals surface area contributed by atoms with Crippen molar-refractivity contribution in [3.8, 4) is 0 Å². The Morgan fingerprint density at radius 2 is 1.83 bits per heavy atom. The fourth-order valence-electron chi connectivity index (χ4n) is 1.66. The van der Waals surface area contributed by atoms with Gasteiger partial charge < -0.3 is 21.5 Å². The summed E-state index contributed by atoms with van der Waals surface area (Å²) >= 11 is 0. The maximum Gasteiger partial charge on any atom is 0.306 e. The van der Waals surface area contributed by atoms with Crippen molar-refractivity contribution in [3.63, 3.8) is 0 Å². The minimum absolute atomic E-state index is 0. The van der Waals surface area contributed by atoms with Crippen LogP contribution in [-0.2, 0) is 25.7 Å². The van der Waals surface area contributed by atoms with E-state index < -0.39 is 29.9 Å². The van der Waals surface area contributed by atoms with E-state index in [1.807, 2.05) is 30.3 Å². The molecule has 0 aliphatic carbocycles. The molecular weight excluding hydrogens is 322 g/mol. The van der Waals surface area contributed by atoms with Gasteiger partial charge in [-0.25, -0.2) is 0 Å². The number of rotatable bonds is 8. The van der Waals surface area contributed by atoms with Crippen LogP contribution in [0.4, 0.5) is 0 Å². The number of carbonyl (C=O) groups is 3. The van der Waals surface area contributed by atoms with E-state index in [0.29, 0.717) is 0 Å². The third-order valence-electron chi connectivity index (χ3n) is 2.95. The van der Waals surface area contributed by atoms with Crippen LogP contribution < -0.4 is 16.8 Å². The quantitative estimate of drug-likeness (QED) is 0.583. The first-order valence-electron chi connectivity index (χ1n) is 6.95. The summed E-state index contributed by atoms with van der Waals surface area (Å²) in [4.78, 5) is 34.4. The minimum Gasteiger partial charge on any atom is -0.461 e. The Labute approximate surface area is 141 Å². The molecule has 2 atom stereocenters. The summed E-state index contributed by atoms with van der Waals surface area (Å²) in [6, 6.07) is 7.52. The second kappa shape index (κ2) is 10.6. The van der Waals surface area contributed by atoms with E-state index in [0.717, 1.165) is 5.56 Å². The highest BCUT2D eigenvalue weighted by molar-refractivity contribution is 5.89. The van der Waals surface area contributed by atoms with E-state index in [1.54, 1.807) is 0 Å². The zero-order valence-electron chi connectivity index (χ0n) is 12.9. The first kappa shape index (κ1) is 20.9. The first-order chi connectivity index (χ1) is 10.4. The van der Waals surface area contributed by atoms with E-state index in [-0.39, 0.29) is 31.9 Å². The smallest absolute Gasteiger partial charge is 0.306 e. The number of hydrogen-bond donors (Lipinski definition) is 3. The second-order valence-corrected chi connectivity index (χ2v) is 4.94. The van der Waals surface area contributed by atoms with Crippen molar-refractivity contribution in [3.05, 3.63) is 35.9 Å². The first-order valence-corrected chi connectivity index (χ1v) is 6.95. The van der Waals surface area contributed by atoms with Crippen LogP contribution in [0.25, 0.3) is 0 Å². The summed E-state index contributed by atoms with van der Waals surface area (Å²) in [6.07, 6.45) is 0.0427. The molecule has 0 fully saturated rings. The van der Waals surface area contributed by atoms with Gasteiger partial charge in [-0.2, -0.15) is 0 Å². The van der Waals surface area contributed by atoms with Crippen molar-refractivity contribution >= 4 is 30.2 Å². The van der Waals surface area contributed by atoms with Crippen molar-refractivity contribution in [1.29, 1.82) is 0 Å². The monoisotopic (exact) mass is 343 g/mol. The van der Waals surface area contributed by atoms with Crippen LogP contribution in [0.5, 0.6) is 0 Å². The summed E-state index contributed by atoms with van der Waals surface area (Å²) in [5.41, 5.74) is 11.5. The van der Waals surface area contributed by atoms with E-state index >= 15 is 0 Å². The lowest BCUT2D eigenvalue weighted by Crippen LogP contribution is -2.49. The van der Waals surface area contributed by atoms with Crippen molar-refractivity contribution in [2.75, 3.05) is 0 Å². The van der Waals surface area contributed by atoms with Gasteiger partial charge in [0, 0.05) is 6.42 Å². The highest BCUT2D eigenvalue weighted by atomic mass is 35.5.